The molecule has 0 saturated carbocycles. The Morgan fingerprint density at radius 2 is 1.86 bits per heavy atom. The first-order chi connectivity index (χ1) is 9.91. The van der Waals surface area contributed by atoms with E-state index in [4.69, 9.17) is 15.8 Å². The van der Waals surface area contributed by atoms with Crippen molar-refractivity contribution in [3.05, 3.63) is 29.8 Å². The third-order valence-corrected chi connectivity index (χ3v) is 8.04. The lowest BCUT2D eigenvalue weighted by atomic mass is 9.83. The van der Waals surface area contributed by atoms with Crippen LogP contribution in [0.1, 0.15) is 31.9 Å². The first-order valence-corrected chi connectivity index (χ1v) is 14.9. The van der Waals surface area contributed by atoms with E-state index in [-0.39, 0.29) is 5.41 Å². The molecule has 0 radical (unpaired) electrons. The summed E-state index contributed by atoms with van der Waals surface area (Å²) in [6, 6.07) is 2.35. The van der Waals surface area contributed by atoms with Crippen molar-refractivity contribution in [3.8, 4) is 5.75 Å². The molecule has 0 N–H and O–H groups in total. The largest absolute Gasteiger partial charge is 0.489 e. The Morgan fingerprint density at radius 1 is 1.32 bits per heavy atom. The second kappa shape index (κ2) is 6.94. The van der Waals surface area contributed by atoms with Gasteiger partial charge in [-0.05, 0) is 23.1 Å². The van der Waals surface area contributed by atoms with Gasteiger partial charge in [-0.1, -0.05) is 70.9 Å². The van der Waals surface area contributed by atoms with Gasteiger partial charge in [-0.3, -0.25) is 0 Å². The van der Waals surface area contributed by atoms with Crippen LogP contribution in [0.3, 0.4) is 0 Å². The Morgan fingerprint density at radius 3 is 2.23 bits per heavy atom. The molecule has 0 atom stereocenters. The summed E-state index contributed by atoms with van der Waals surface area (Å²) in [5.74, 6) is 1.01. The summed E-state index contributed by atoms with van der Waals surface area (Å²) in [5.41, 5.74) is 2.75. The molecule has 22 heavy (non-hydrogen) atoms. The molecule has 0 saturated heterocycles. The van der Waals surface area contributed by atoms with Crippen LogP contribution >= 0.6 is 11.1 Å². The molecule has 4 heteroatoms. The van der Waals surface area contributed by atoms with Crippen LogP contribution in [-0.4, -0.2) is 22.8 Å². The molecule has 1 rings (SSSR count). The lowest BCUT2D eigenvalue weighted by molar-refractivity contribution is 0.353. The molecule has 1 aromatic carbocycles. The highest BCUT2D eigenvalue weighted by Crippen LogP contribution is 2.34. The maximum atomic E-state index is 6.84. The van der Waals surface area contributed by atoms with Crippen LogP contribution in [0.15, 0.2) is 18.7 Å². The summed E-state index contributed by atoms with van der Waals surface area (Å²) in [6.45, 7) is 22.5. The lowest BCUT2D eigenvalue weighted by Gasteiger charge is -2.32. The Labute approximate surface area is 144 Å². The van der Waals surface area contributed by atoms with Crippen LogP contribution in [0.2, 0.25) is 26.2 Å². The van der Waals surface area contributed by atoms with Crippen LogP contribution in [-0.2, 0) is 5.41 Å². The van der Waals surface area contributed by atoms with Gasteiger partial charge < -0.3 is 4.74 Å². The second-order valence-corrected chi connectivity index (χ2v) is 17.1. The minimum atomic E-state index is -2.00. The van der Waals surface area contributed by atoms with Gasteiger partial charge >= 0.3 is 0 Å². The van der Waals surface area contributed by atoms with Crippen molar-refractivity contribution in [1.29, 1.82) is 0 Å². The molecule has 0 heterocycles. The molecule has 0 spiro atoms. The summed E-state index contributed by atoms with van der Waals surface area (Å²) in [7, 11) is -2.93. The van der Waals surface area contributed by atoms with Crippen molar-refractivity contribution in [3.63, 3.8) is 0 Å². The van der Waals surface area contributed by atoms with E-state index >= 15 is 0 Å². The molecule has 1 nitrogen and oxygen atoms in total. The Hall–Kier alpha value is -0.516. The first kappa shape index (κ1) is 19.5. The molecule has 0 aromatic heterocycles. The van der Waals surface area contributed by atoms with E-state index in [1.807, 2.05) is 0 Å². The molecule has 0 aliphatic carbocycles. The molecule has 1 aromatic rings. The van der Waals surface area contributed by atoms with Gasteiger partial charge in [-0.15, -0.1) is 0 Å². The number of hydrogen-bond acceptors (Lipinski definition) is 1. The highest BCUT2D eigenvalue weighted by molar-refractivity contribution is 7.26. The van der Waals surface area contributed by atoms with Crippen LogP contribution in [0.5, 0.6) is 5.75 Å². The van der Waals surface area contributed by atoms with Crippen molar-refractivity contribution >= 4 is 37.6 Å². The third kappa shape index (κ3) is 4.27. The van der Waals surface area contributed by atoms with Crippen molar-refractivity contribution < 1.29 is 4.74 Å². The monoisotopic (exact) mass is 354 g/mol. The average Bonchev–Trinajstić information content (AvgIpc) is 2.32. The minimum Gasteiger partial charge on any atom is -0.489 e. The van der Waals surface area contributed by atoms with E-state index in [0.29, 0.717) is 6.61 Å². The molecule has 0 aliphatic rings. The molecule has 124 valence electrons. The fourth-order valence-corrected chi connectivity index (χ4v) is 6.35. The summed E-state index contributed by atoms with van der Waals surface area (Å²) in [6.07, 6.45) is 1.81. The summed E-state index contributed by atoms with van der Waals surface area (Å²) in [4.78, 5) is 0. The highest BCUT2D eigenvalue weighted by Gasteiger charge is 2.33. The fourth-order valence-electron chi connectivity index (χ4n) is 3.02. The summed E-state index contributed by atoms with van der Waals surface area (Å²) >= 11 is 6.84. The zero-order valence-corrected chi connectivity index (χ0v) is 18.3. The fraction of sp³-hybridized carbons (Fsp3) is 0.556. The SMILES string of the molecule is C=CCOc1c([Si](C)(C)Cl)cc([SiH](C)C)c(C)c1C(C)(C)C. The molecule has 0 aliphatic heterocycles. The van der Waals surface area contributed by atoms with Crippen LogP contribution in [0.25, 0.3) is 0 Å². The van der Waals surface area contributed by atoms with E-state index in [2.05, 4.69) is 66.5 Å². The van der Waals surface area contributed by atoms with E-state index in [0.717, 1.165) is 5.75 Å². The first-order valence-electron chi connectivity index (χ1n) is 8.02. The van der Waals surface area contributed by atoms with E-state index in [9.17, 15) is 0 Å². The number of hydrogen-bond donors (Lipinski definition) is 0. The normalized spacial score (nSPS) is 12.6. The van der Waals surface area contributed by atoms with Gasteiger partial charge in [0.2, 0.25) is 0 Å². The number of benzene rings is 1. The molecule has 0 fully saturated rings. The molecule has 0 bridgehead atoms. The van der Waals surface area contributed by atoms with Crippen LogP contribution in [0, 0.1) is 6.92 Å². The standard InChI is InChI=1S/C18H31ClOSi2/c1-10-11-20-17-15(22(8,9)19)12-14(21(6)7)13(2)16(17)18(3,4)5/h10,12,21H,1,11H2,2-9H3. The Bertz CT molecular complexity index is 552. The van der Waals surface area contributed by atoms with Gasteiger partial charge in [0.1, 0.15) is 12.4 Å². The maximum Gasteiger partial charge on any atom is 0.185 e. The number of ether oxygens (including phenoxy) is 1. The topological polar surface area (TPSA) is 9.23 Å². The Kier molecular flexibility index (Phi) is 6.16. The quantitative estimate of drug-likeness (QED) is 0.437. The van der Waals surface area contributed by atoms with Gasteiger partial charge in [0.15, 0.2) is 7.38 Å². The van der Waals surface area contributed by atoms with E-state index < -0.39 is 16.2 Å². The highest BCUT2D eigenvalue weighted by atomic mass is 35.6. The third-order valence-electron chi connectivity index (χ3n) is 3.94. The number of halogens is 1. The van der Waals surface area contributed by atoms with Crippen LogP contribution < -0.4 is 15.1 Å². The van der Waals surface area contributed by atoms with Crippen molar-refractivity contribution in [2.24, 2.45) is 0 Å². The van der Waals surface area contributed by atoms with Crippen molar-refractivity contribution in [2.45, 2.75) is 59.3 Å². The predicted octanol–water partition coefficient (Wildman–Crippen LogP) is 4.20. The van der Waals surface area contributed by atoms with Gasteiger partial charge in [0.05, 0.1) is 8.80 Å². The lowest BCUT2D eigenvalue weighted by Crippen LogP contribution is -2.43. The summed E-state index contributed by atoms with van der Waals surface area (Å²) < 4.78 is 6.13. The second-order valence-electron chi connectivity index (χ2n) is 7.82. The average molecular weight is 355 g/mol. The summed E-state index contributed by atoms with van der Waals surface area (Å²) in [5, 5.41) is 2.76. The van der Waals surface area contributed by atoms with E-state index in [1.165, 1.54) is 21.5 Å². The van der Waals surface area contributed by atoms with Gasteiger partial charge in [-0.25, -0.2) is 0 Å². The van der Waals surface area contributed by atoms with Crippen LogP contribution in [0.4, 0.5) is 0 Å². The van der Waals surface area contributed by atoms with Gasteiger partial charge in [0, 0.05) is 5.56 Å². The molecular formula is C18H31ClOSi2. The van der Waals surface area contributed by atoms with Crippen molar-refractivity contribution in [2.75, 3.05) is 6.61 Å². The van der Waals surface area contributed by atoms with Gasteiger partial charge in [0.25, 0.3) is 0 Å². The Balaban J connectivity index is 3.82. The van der Waals surface area contributed by atoms with E-state index in [1.54, 1.807) is 6.08 Å². The molecule has 0 unspecified atom stereocenters. The minimum absolute atomic E-state index is 0.0329. The zero-order chi connectivity index (χ0) is 17.3. The predicted molar refractivity (Wildman–Crippen MR) is 107 cm³/mol. The number of rotatable bonds is 5. The van der Waals surface area contributed by atoms with Gasteiger partial charge in [-0.2, -0.15) is 11.1 Å². The molecular weight excluding hydrogens is 324 g/mol. The maximum absolute atomic E-state index is 6.84. The smallest absolute Gasteiger partial charge is 0.185 e. The van der Waals surface area contributed by atoms with Crippen molar-refractivity contribution in [1.82, 2.24) is 0 Å². The molecule has 0 amide bonds. The zero-order valence-electron chi connectivity index (χ0n) is 15.4.